The van der Waals surface area contributed by atoms with Crippen molar-refractivity contribution in [2.45, 2.75) is 0 Å². The molecule has 0 N–H and O–H groups in total. The zero-order valence-corrected chi connectivity index (χ0v) is 32.1. The summed E-state index contributed by atoms with van der Waals surface area (Å²) in [7, 11) is 0. The van der Waals surface area contributed by atoms with Gasteiger partial charge in [-0.1, -0.05) is 140 Å². The van der Waals surface area contributed by atoms with Crippen LogP contribution >= 0.6 is 0 Å². The molecule has 12 rings (SSSR count). The minimum atomic E-state index is 0.854. The Kier molecular flexibility index (Phi) is 7.54. The predicted octanol–water partition coefficient (Wildman–Crippen LogP) is 15.7. The Morgan fingerprint density at radius 3 is 1.78 bits per heavy atom. The average Bonchev–Trinajstić information content (AvgIpc) is 3.63. The summed E-state index contributed by atoms with van der Waals surface area (Å²) in [6.45, 7) is 0. The molecule has 0 aliphatic carbocycles. The smallest absolute Gasteiger partial charge is 0.137 e. The number of para-hydroxylation sites is 1. The molecule has 0 amide bonds. The number of ether oxygens (including phenoxy) is 1. The first-order valence-corrected chi connectivity index (χ1v) is 20.2. The lowest BCUT2D eigenvalue weighted by atomic mass is 9.94. The maximum Gasteiger partial charge on any atom is 0.137 e. The number of aromatic nitrogens is 1. The van der Waals surface area contributed by atoms with Crippen LogP contribution in [0.3, 0.4) is 0 Å². The van der Waals surface area contributed by atoms with Crippen LogP contribution in [-0.2, 0) is 0 Å². The molecule has 0 spiro atoms. The van der Waals surface area contributed by atoms with Crippen molar-refractivity contribution in [2.24, 2.45) is 0 Å². The Morgan fingerprint density at radius 2 is 0.966 bits per heavy atom. The van der Waals surface area contributed by atoms with Gasteiger partial charge in [0.15, 0.2) is 0 Å². The summed E-state index contributed by atoms with van der Waals surface area (Å²) in [6.07, 6.45) is 0. The van der Waals surface area contributed by atoms with E-state index in [-0.39, 0.29) is 0 Å². The lowest BCUT2D eigenvalue weighted by Gasteiger charge is -2.28. The number of hydrogen-bond donors (Lipinski definition) is 0. The quantitative estimate of drug-likeness (QED) is 0.168. The molecule has 11 aromatic rings. The van der Waals surface area contributed by atoms with Crippen molar-refractivity contribution in [3.05, 3.63) is 218 Å². The number of benzene rings is 10. The summed E-state index contributed by atoms with van der Waals surface area (Å²) in [5.74, 6) is 1.75. The van der Waals surface area contributed by atoms with E-state index in [1.54, 1.807) is 0 Å². The summed E-state index contributed by atoms with van der Waals surface area (Å²) in [4.78, 5) is 2.32. The summed E-state index contributed by atoms with van der Waals surface area (Å²) >= 11 is 0. The fourth-order valence-corrected chi connectivity index (χ4v) is 9.12. The highest BCUT2D eigenvalue weighted by atomic mass is 16.5. The first-order valence-electron chi connectivity index (χ1n) is 20.2. The van der Waals surface area contributed by atoms with Crippen LogP contribution < -0.4 is 9.64 Å². The molecule has 0 radical (unpaired) electrons. The maximum absolute atomic E-state index is 6.65. The third kappa shape index (κ3) is 5.51. The van der Waals surface area contributed by atoms with E-state index in [9.17, 15) is 0 Å². The molecule has 10 aromatic carbocycles. The lowest BCUT2D eigenvalue weighted by Crippen LogP contribution is -2.10. The first kappa shape index (κ1) is 33.3. The summed E-state index contributed by atoms with van der Waals surface area (Å²) in [5, 5.41) is 7.31. The molecule has 59 heavy (non-hydrogen) atoms. The molecule has 2 heterocycles. The summed E-state index contributed by atoms with van der Waals surface area (Å²) < 4.78 is 9.05. The highest BCUT2D eigenvalue weighted by molar-refractivity contribution is 6.11. The van der Waals surface area contributed by atoms with E-state index in [4.69, 9.17) is 4.74 Å². The van der Waals surface area contributed by atoms with E-state index in [0.717, 1.165) is 50.8 Å². The van der Waals surface area contributed by atoms with Gasteiger partial charge in [-0.2, -0.15) is 0 Å². The molecule has 276 valence electrons. The van der Waals surface area contributed by atoms with E-state index >= 15 is 0 Å². The van der Waals surface area contributed by atoms with Gasteiger partial charge in [0, 0.05) is 50.5 Å². The van der Waals surface area contributed by atoms with Crippen LogP contribution in [0.15, 0.2) is 218 Å². The minimum Gasteiger partial charge on any atom is -0.456 e. The molecule has 1 aromatic heterocycles. The third-order valence-corrected chi connectivity index (χ3v) is 12.0. The molecule has 0 bridgehead atoms. The van der Waals surface area contributed by atoms with Crippen molar-refractivity contribution in [3.63, 3.8) is 0 Å². The molecule has 0 saturated heterocycles. The fraction of sp³-hybridized carbons (Fsp3) is 0. The molecule has 0 fully saturated rings. The van der Waals surface area contributed by atoms with E-state index < -0.39 is 0 Å². The van der Waals surface area contributed by atoms with E-state index in [1.807, 2.05) is 0 Å². The molecular formula is C56H36N2O. The van der Waals surface area contributed by atoms with Gasteiger partial charge in [0.25, 0.3) is 0 Å². The van der Waals surface area contributed by atoms with Crippen LogP contribution in [-0.4, -0.2) is 4.57 Å². The molecular weight excluding hydrogens is 717 g/mol. The molecule has 1 aliphatic rings. The highest BCUT2D eigenvalue weighted by Crippen LogP contribution is 2.49. The zero-order chi connectivity index (χ0) is 38.9. The largest absolute Gasteiger partial charge is 0.456 e. The van der Waals surface area contributed by atoms with Gasteiger partial charge in [0.05, 0.1) is 11.0 Å². The Balaban J connectivity index is 0.949. The molecule has 1 aliphatic heterocycles. The Hall–Kier alpha value is -7.88. The van der Waals surface area contributed by atoms with Gasteiger partial charge in [-0.05, 0) is 117 Å². The number of anilines is 3. The summed E-state index contributed by atoms with van der Waals surface area (Å²) in [5.41, 5.74) is 13.7. The maximum atomic E-state index is 6.65. The van der Waals surface area contributed by atoms with Gasteiger partial charge in [0.2, 0.25) is 0 Å². The van der Waals surface area contributed by atoms with Crippen LogP contribution in [0.25, 0.3) is 82.4 Å². The Labute approximate surface area is 342 Å². The number of rotatable bonds is 6. The molecule has 0 atom stereocenters. The number of nitrogens with zero attached hydrogens (tertiary/aromatic N) is 2. The average molecular weight is 753 g/mol. The molecule has 0 unspecified atom stereocenters. The van der Waals surface area contributed by atoms with Crippen molar-refractivity contribution in [3.8, 4) is 50.6 Å². The van der Waals surface area contributed by atoms with Crippen LogP contribution in [0.4, 0.5) is 17.1 Å². The Bertz CT molecular complexity index is 3390. The monoisotopic (exact) mass is 752 g/mol. The van der Waals surface area contributed by atoms with E-state index in [1.165, 1.54) is 60.2 Å². The zero-order valence-electron chi connectivity index (χ0n) is 32.1. The van der Waals surface area contributed by atoms with Crippen molar-refractivity contribution in [1.82, 2.24) is 4.57 Å². The first-order chi connectivity index (χ1) is 29.2. The van der Waals surface area contributed by atoms with Gasteiger partial charge in [-0.15, -0.1) is 0 Å². The SMILES string of the molecule is c1ccc(-c2ccc(N(c3ccc(-c4ccc5c(c4)c4ccccc4n5-c4ccc5ccccc5c4)cc3)c3ccc4c(c3)Oc3cccc5cccc-4c35)cc2)cc1. The molecule has 3 nitrogen and oxygen atoms in total. The van der Waals surface area contributed by atoms with Crippen molar-refractivity contribution < 1.29 is 4.74 Å². The fourth-order valence-electron chi connectivity index (χ4n) is 9.12. The second kappa shape index (κ2) is 13.4. The van der Waals surface area contributed by atoms with E-state index in [0.29, 0.717) is 0 Å². The van der Waals surface area contributed by atoms with Gasteiger partial charge >= 0.3 is 0 Å². The second-order valence-electron chi connectivity index (χ2n) is 15.4. The van der Waals surface area contributed by atoms with Crippen LogP contribution in [0.5, 0.6) is 11.5 Å². The van der Waals surface area contributed by atoms with Crippen LogP contribution in [0, 0.1) is 0 Å². The molecule has 3 heteroatoms. The lowest BCUT2D eigenvalue weighted by molar-refractivity contribution is 0.487. The van der Waals surface area contributed by atoms with Crippen LogP contribution in [0.1, 0.15) is 0 Å². The van der Waals surface area contributed by atoms with Crippen LogP contribution in [0.2, 0.25) is 0 Å². The molecule has 0 saturated carbocycles. The van der Waals surface area contributed by atoms with Crippen molar-refractivity contribution in [2.75, 3.05) is 4.90 Å². The Morgan fingerprint density at radius 1 is 0.339 bits per heavy atom. The van der Waals surface area contributed by atoms with E-state index in [2.05, 4.69) is 228 Å². The van der Waals surface area contributed by atoms with Crippen molar-refractivity contribution >= 4 is 60.4 Å². The third-order valence-electron chi connectivity index (χ3n) is 12.0. The number of hydrogen-bond acceptors (Lipinski definition) is 2. The van der Waals surface area contributed by atoms with Gasteiger partial charge in [-0.3, -0.25) is 0 Å². The highest BCUT2D eigenvalue weighted by Gasteiger charge is 2.23. The second-order valence-corrected chi connectivity index (χ2v) is 15.4. The standard InChI is InChI=1S/C56H36N2O/c1-2-10-37(11-3-1)39-20-26-44(27-21-39)57(47-31-32-49-50-17-8-14-41-15-9-19-54(56(41)50)59-55(49)36-47)45-28-22-40(23-29-45)43-25-33-53-51(35-43)48-16-6-7-18-52(48)58(53)46-30-24-38-12-4-5-13-42(38)34-46/h1-36H. The number of fused-ring (bicyclic) bond motifs is 6. The normalized spacial score (nSPS) is 11.9. The van der Waals surface area contributed by atoms with Crippen molar-refractivity contribution in [1.29, 1.82) is 0 Å². The summed E-state index contributed by atoms with van der Waals surface area (Å²) in [6, 6.07) is 78.7. The van der Waals surface area contributed by atoms with Gasteiger partial charge in [-0.25, -0.2) is 0 Å². The van der Waals surface area contributed by atoms with Gasteiger partial charge < -0.3 is 14.2 Å². The topological polar surface area (TPSA) is 17.4 Å². The predicted molar refractivity (Wildman–Crippen MR) is 247 cm³/mol. The van der Waals surface area contributed by atoms with Gasteiger partial charge in [0.1, 0.15) is 11.5 Å². The minimum absolute atomic E-state index is 0.854.